The molecule has 1 aliphatic heterocycles. The number of benzene rings is 1. The Morgan fingerprint density at radius 1 is 1.14 bits per heavy atom. The van der Waals surface area contributed by atoms with E-state index < -0.39 is 6.04 Å². The summed E-state index contributed by atoms with van der Waals surface area (Å²) in [5.41, 5.74) is 1.99. The van der Waals surface area contributed by atoms with Gasteiger partial charge < -0.3 is 5.32 Å². The third-order valence-corrected chi connectivity index (χ3v) is 5.94. The van der Waals surface area contributed by atoms with Crippen LogP contribution in [0, 0.1) is 0 Å². The zero-order valence-corrected chi connectivity index (χ0v) is 14.1. The number of hydrogen-bond donors (Lipinski definition) is 1. The van der Waals surface area contributed by atoms with Crippen LogP contribution >= 0.6 is 23.5 Å². The first kappa shape index (κ1) is 16.8. The van der Waals surface area contributed by atoms with E-state index in [0.29, 0.717) is 11.1 Å². The van der Waals surface area contributed by atoms with Gasteiger partial charge in [0.25, 0.3) is 0 Å². The summed E-state index contributed by atoms with van der Waals surface area (Å²) in [4.78, 5) is 34.5. The predicted molar refractivity (Wildman–Crippen MR) is 91.0 cm³/mol. The Morgan fingerprint density at radius 2 is 1.73 bits per heavy atom. The molecule has 1 unspecified atom stereocenters. The highest BCUT2D eigenvalue weighted by molar-refractivity contribution is 8.25. The SMILES string of the molecule is CC(=O)NC(C(C(C)=O)=C1SCCS1)c1ccc(C=O)cc1. The van der Waals surface area contributed by atoms with Crippen molar-refractivity contribution in [3.63, 3.8) is 0 Å². The summed E-state index contributed by atoms with van der Waals surface area (Å²) in [5.74, 6) is 1.69. The lowest BCUT2D eigenvalue weighted by Gasteiger charge is -2.22. The van der Waals surface area contributed by atoms with Gasteiger partial charge in [0.15, 0.2) is 5.78 Å². The lowest BCUT2D eigenvalue weighted by molar-refractivity contribution is -0.119. The van der Waals surface area contributed by atoms with Crippen molar-refractivity contribution in [2.45, 2.75) is 19.9 Å². The molecule has 0 saturated carbocycles. The van der Waals surface area contributed by atoms with Gasteiger partial charge in [0.2, 0.25) is 5.91 Å². The van der Waals surface area contributed by atoms with Gasteiger partial charge in [-0.15, -0.1) is 23.5 Å². The number of amides is 1. The van der Waals surface area contributed by atoms with Crippen molar-refractivity contribution in [1.82, 2.24) is 5.32 Å². The molecular weight excluding hydrogens is 318 g/mol. The fourth-order valence-corrected chi connectivity index (χ4v) is 4.93. The topological polar surface area (TPSA) is 63.2 Å². The fraction of sp³-hybridized carbons (Fsp3) is 0.312. The zero-order valence-electron chi connectivity index (χ0n) is 12.4. The van der Waals surface area contributed by atoms with Crippen LogP contribution in [0.25, 0.3) is 0 Å². The van der Waals surface area contributed by atoms with Crippen molar-refractivity contribution in [1.29, 1.82) is 0 Å². The van der Waals surface area contributed by atoms with Gasteiger partial charge in [-0.2, -0.15) is 0 Å². The van der Waals surface area contributed by atoms with E-state index >= 15 is 0 Å². The van der Waals surface area contributed by atoms with Crippen LogP contribution in [-0.2, 0) is 9.59 Å². The first-order valence-corrected chi connectivity index (χ1v) is 8.83. The highest BCUT2D eigenvalue weighted by Gasteiger charge is 2.27. The second-order valence-electron chi connectivity index (χ2n) is 4.87. The Kier molecular flexibility index (Phi) is 5.85. The Bertz CT molecular complexity index is 615. The van der Waals surface area contributed by atoms with Crippen molar-refractivity contribution >= 4 is 41.5 Å². The van der Waals surface area contributed by atoms with Gasteiger partial charge in [0.05, 0.1) is 6.04 Å². The number of Topliss-reactive ketones (excluding diaryl/α,β-unsaturated/α-hetero) is 1. The van der Waals surface area contributed by atoms with E-state index in [1.807, 2.05) is 0 Å². The summed E-state index contributed by atoms with van der Waals surface area (Å²) < 4.78 is 0.978. The summed E-state index contributed by atoms with van der Waals surface area (Å²) in [6.07, 6.45) is 0.768. The average molecular weight is 335 g/mol. The maximum absolute atomic E-state index is 12.2. The zero-order chi connectivity index (χ0) is 16.1. The normalized spacial score (nSPS) is 15.3. The summed E-state index contributed by atoms with van der Waals surface area (Å²) in [5, 5.41) is 2.86. The largest absolute Gasteiger partial charge is 0.345 e. The highest BCUT2D eigenvalue weighted by Crippen LogP contribution is 2.42. The van der Waals surface area contributed by atoms with E-state index in [4.69, 9.17) is 0 Å². The average Bonchev–Trinajstić information content (AvgIpc) is 3.00. The molecule has 1 aliphatic rings. The molecule has 1 saturated heterocycles. The molecule has 0 spiro atoms. The number of aldehydes is 1. The molecule has 0 aromatic heterocycles. The van der Waals surface area contributed by atoms with Crippen LogP contribution in [0.1, 0.15) is 35.8 Å². The maximum atomic E-state index is 12.2. The number of carbonyl (C=O) groups is 3. The lowest BCUT2D eigenvalue weighted by atomic mass is 9.96. The Morgan fingerprint density at radius 3 is 2.18 bits per heavy atom. The molecule has 1 amide bonds. The van der Waals surface area contributed by atoms with Crippen molar-refractivity contribution in [2.24, 2.45) is 0 Å². The molecule has 1 fully saturated rings. The molecule has 1 heterocycles. The molecule has 6 heteroatoms. The molecule has 0 bridgehead atoms. The van der Waals surface area contributed by atoms with Crippen molar-refractivity contribution in [3.05, 3.63) is 45.2 Å². The standard InChI is InChI=1S/C16H17NO3S2/c1-10(19)14(16-21-7-8-22-16)15(17-11(2)20)13-5-3-12(9-18)4-6-13/h3-6,9,15H,7-8H2,1-2H3,(H,17,20). The molecule has 0 radical (unpaired) electrons. The van der Waals surface area contributed by atoms with Gasteiger partial charge in [-0.3, -0.25) is 14.4 Å². The lowest BCUT2D eigenvalue weighted by Crippen LogP contribution is -2.30. The van der Waals surface area contributed by atoms with Crippen LogP contribution in [0.4, 0.5) is 0 Å². The minimum atomic E-state index is -0.483. The molecule has 2 rings (SSSR count). The van der Waals surface area contributed by atoms with Crippen LogP contribution in [0.5, 0.6) is 0 Å². The minimum Gasteiger partial charge on any atom is -0.345 e. The van der Waals surface area contributed by atoms with Gasteiger partial charge in [0, 0.05) is 33.8 Å². The van der Waals surface area contributed by atoms with Gasteiger partial charge in [-0.1, -0.05) is 24.3 Å². The molecule has 1 N–H and O–H groups in total. The molecule has 4 nitrogen and oxygen atoms in total. The minimum absolute atomic E-state index is 0.0462. The van der Waals surface area contributed by atoms with Gasteiger partial charge in [-0.25, -0.2) is 0 Å². The second kappa shape index (κ2) is 7.65. The smallest absolute Gasteiger partial charge is 0.217 e. The summed E-state index contributed by atoms with van der Waals surface area (Å²) in [7, 11) is 0. The number of rotatable bonds is 5. The van der Waals surface area contributed by atoms with E-state index in [9.17, 15) is 14.4 Å². The molecule has 22 heavy (non-hydrogen) atoms. The maximum Gasteiger partial charge on any atom is 0.217 e. The van der Waals surface area contributed by atoms with Crippen LogP contribution in [0.3, 0.4) is 0 Å². The number of thioether (sulfide) groups is 2. The van der Waals surface area contributed by atoms with E-state index in [-0.39, 0.29) is 11.7 Å². The van der Waals surface area contributed by atoms with Gasteiger partial charge in [0.1, 0.15) is 6.29 Å². The van der Waals surface area contributed by atoms with Crippen molar-refractivity contribution in [2.75, 3.05) is 11.5 Å². The van der Waals surface area contributed by atoms with Gasteiger partial charge >= 0.3 is 0 Å². The molecule has 0 aliphatic carbocycles. The van der Waals surface area contributed by atoms with Gasteiger partial charge in [-0.05, 0) is 12.5 Å². The van der Waals surface area contributed by atoms with Crippen molar-refractivity contribution in [3.8, 4) is 0 Å². The Hall–Kier alpha value is -1.53. The third-order valence-electron chi connectivity index (χ3n) is 3.19. The predicted octanol–water partition coefficient (Wildman–Crippen LogP) is 2.96. The van der Waals surface area contributed by atoms with Crippen LogP contribution in [-0.4, -0.2) is 29.5 Å². The number of hydrogen-bond acceptors (Lipinski definition) is 5. The summed E-state index contributed by atoms with van der Waals surface area (Å²) >= 11 is 3.30. The summed E-state index contributed by atoms with van der Waals surface area (Å²) in [6, 6.07) is 6.45. The highest BCUT2D eigenvalue weighted by atomic mass is 32.2. The monoisotopic (exact) mass is 335 g/mol. The molecule has 1 atom stereocenters. The summed E-state index contributed by atoms with van der Waals surface area (Å²) in [6.45, 7) is 2.96. The molecule has 1 aromatic carbocycles. The second-order valence-corrected chi connectivity index (χ2v) is 7.34. The first-order valence-electron chi connectivity index (χ1n) is 6.86. The van der Waals surface area contributed by atoms with E-state index in [1.54, 1.807) is 47.8 Å². The van der Waals surface area contributed by atoms with Crippen LogP contribution < -0.4 is 5.32 Å². The molecule has 116 valence electrons. The van der Waals surface area contributed by atoms with Crippen LogP contribution in [0.15, 0.2) is 34.1 Å². The number of ketones is 1. The number of nitrogens with one attached hydrogen (secondary N) is 1. The Balaban J connectivity index is 2.47. The fourth-order valence-electron chi connectivity index (χ4n) is 2.22. The van der Waals surface area contributed by atoms with Crippen LogP contribution in [0.2, 0.25) is 0 Å². The molecular formula is C16H17NO3S2. The Labute approximate surface area is 138 Å². The first-order chi connectivity index (χ1) is 10.5. The quantitative estimate of drug-likeness (QED) is 0.662. The van der Waals surface area contributed by atoms with E-state index in [2.05, 4.69) is 5.32 Å². The number of carbonyl (C=O) groups excluding carboxylic acids is 3. The van der Waals surface area contributed by atoms with Crippen molar-refractivity contribution < 1.29 is 14.4 Å². The van der Waals surface area contributed by atoms with E-state index in [1.165, 1.54) is 13.8 Å². The molecule has 1 aromatic rings. The van der Waals surface area contributed by atoms with E-state index in [0.717, 1.165) is 27.6 Å². The third kappa shape index (κ3) is 4.01.